The number of carbonyl (C=O) groups is 1. The number of alkyl halides is 5. The van der Waals surface area contributed by atoms with Crippen molar-refractivity contribution >= 4 is 29.1 Å². The maximum absolute atomic E-state index is 13.5. The highest BCUT2D eigenvalue weighted by Crippen LogP contribution is 2.40. The van der Waals surface area contributed by atoms with E-state index in [0.29, 0.717) is 10.6 Å². The summed E-state index contributed by atoms with van der Waals surface area (Å²) >= 11 is 6.11. The van der Waals surface area contributed by atoms with E-state index in [1.807, 2.05) is 0 Å². The molecule has 1 heterocycles. The Balaban J connectivity index is 1.90. The van der Waals surface area contributed by atoms with Crippen molar-refractivity contribution in [2.75, 3.05) is 0 Å². The van der Waals surface area contributed by atoms with Gasteiger partial charge in [0.25, 0.3) is 6.43 Å². The van der Waals surface area contributed by atoms with Crippen LogP contribution in [-0.4, -0.2) is 15.4 Å². The van der Waals surface area contributed by atoms with E-state index in [-0.39, 0.29) is 46.9 Å². The summed E-state index contributed by atoms with van der Waals surface area (Å²) in [5.41, 5.74) is -0.0625. The van der Waals surface area contributed by atoms with Crippen LogP contribution in [0.4, 0.5) is 22.0 Å². The second kappa shape index (κ2) is 9.83. The van der Waals surface area contributed by atoms with E-state index in [4.69, 9.17) is 21.4 Å². The number of rotatable bonds is 8. The monoisotopic (exact) mass is 491 g/mol. The molecule has 0 saturated carbocycles. The summed E-state index contributed by atoms with van der Waals surface area (Å²) in [6.45, 7) is -0.555. The fraction of sp³-hybridized carbons (Fsp3) is 0.238. The molecule has 0 aliphatic carbocycles. The number of hydrogen-bond acceptors (Lipinski definition) is 4. The SMILES string of the molecule is O=C(O)CCc1ccc(OCc2c(-c3ccc(Cl)cc3)nsc2C(F)(F)F)cc1C(F)F. The first-order chi connectivity index (χ1) is 15.1. The van der Waals surface area contributed by atoms with Crippen LogP contribution in [-0.2, 0) is 24.0 Å². The summed E-state index contributed by atoms with van der Waals surface area (Å²) in [4.78, 5) is 9.77. The molecule has 0 fully saturated rings. The highest BCUT2D eigenvalue weighted by Gasteiger charge is 2.38. The molecule has 11 heteroatoms. The first-order valence-electron chi connectivity index (χ1n) is 9.13. The predicted molar refractivity (Wildman–Crippen MR) is 109 cm³/mol. The number of nitrogens with zero attached hydrogens (tertiary/aromatic N) is 1. The average molecular weight is 492 g/mol. The third-order valence-corrected chi connectivity index (χ3v) is 5.69. The van der Waals surface area contributed by atoms with Crippen molar-refractivity contribution in [3.63, 3.8) is 0 Å². The topological polar surface area (TPSA) is 59.4 Å². The minimum Gasteiger partial charge on any atom is -0.489 e. The second-order valence-electron chi connectivity index (χ2n) is 6.69. The fourth-order valence-corrected chi connectivity index (χ4v) is 3.88. The Hall–Kier alpha value is -2.72. The molecule has 1 N–H and O–H groups in total. The zero-order valence-corrected chi connectivity index (χ0v) is 17.7. The lowest BCUT2D eigenvalue weighted by molar-refractivity contribution is -0.137. The van der Waals surface area contributed by atoms with Crippen molar-refractivity contribution in [2.45, 2.75) is 32.1 Å². The van der Waals surface area contributed by atoms with Crippen LogP contribution in [0.1, 0.15) is 34.4 Å². The third kappa shape index (κ3) is 5.74. The quantitative estimate of drug-likeness (QED) is 0.344. The first kappa shape index (κ1) is 23.9. The lowest BCUT2D eigenvalue weighted by Crippen LogP contribution is -2.09. The normalized spacial score (nSPS) is 11.7. The van der Waals surface area contributed by atoms with Crippen LogP contribution in [0.25, 0.3) is 11.3 Å². The van der Waals surface area contributed by atoms with E-state index < -0.39 is 35.6 Å². The number of aromatic nitrogens is 1. The molecule has 1 aromatic heterocycles. The highest BCUT2D eigenvalue weighted by atomic mass is 35.5. The minimum atomic E-state index is -4.67. The number of ether oxygens (including phenoxy) is 1. The van der Waals surface area contributed by atoms with Gasteiger partial charge in [-0.15, -0.1) is 0 Å². The Morgan fingerprint density at radius 3 is 2.44 bits per heavy atom. The molecule has 0 atom stereocenters. The summed E-state index contributed by atoms with van der Waals surface area (Å²) in [6, 6.07) is 9.68. The lowest BCUT2D eigenvalue weighted by Gasteiger charge is -2.14. The van der Waals surface area contributed by atoms with Crippen molar-refractivity contribution in [1.29, 1.82) is 0 Å². The van der Waals surface area contributed by atoms with E-state index in [0.717, 1.165) is 6.07 Å². The van der Waals surface area contributed by atoms with Gasteiger partial charge in [0, 0.05) is 28.1 Å². The molecule has 32 heavy (non-hydrogen) atoms. The van der Waals surface area contributed by atoms with Crippen LogP contribution in [0.5, 0.6) is 5.75 Å². The van der Waals surface area contributed by atoms with Crippen molar-refractivity contribution < 1.29 is 36.6 Å². The maximum Gasteiger partial charge on any atom is 0.427 e. The fourth-order valence-electron chi connectivity index (χ4n) is 2.99. The summed E-state index contributed by atoms with van der Waals surface area (Å²) in [7, 11) is 0. The molecule has 3 aromatic rings. The summed E-state index contributed by atoms with van der Waals surface area (Å²) in [5.74, 6) is -1.20. The molecule has 0 bridgehead atoms. The van der Waals surface area contributed by atoms with E-state index in [9.17, 15) is 26.7 Å². The molecular formula is C21H15ClF5NO3S. The molecule has 4 nitrogen and oxygen atoms in total. The molecule has 0 aliphatic rings. The Morgan fingerprint density at radius 1 is 1.16 bits per heavy atom. The number of carboxylic acids is 1. The summed E-state index contributed by atoms with van der Waals surface area (Å²) in [5, 5.41) is 9.16. The maximum atomic E-state index is 13.5. The van der Waals surface area contributed by atoms with Crippen LogP contribution in [0, 0.1) is 0 Å². The molecule has 0 unspecified atom stereocenters. The summed E-state index contributed by atoms with van der Waals surface area (Å²) in [6.07, 6.45) is -8.01. The van der Waals surface area contributed by atoms with Gasteiger partial charge in [0.05, 0.1) is 5.69 Å². The molecule has 0 radical (unpaired) electrons. The van der Waals surface area contributed by atoms with Gasteiger partial charge in [-0.3, -0.25) is 4.79 Å². The minimum absolute atomic E-state index is 0.0613. The second-order valence-corrected chi connectivity index (χ2v) is 7.90. The molecule has 3 rings (SSSR count). The summed E-state index contributed by atoms with van der Waals surface area (Å²) < 4.78 is 76.6. The number of halogens is 6. The van der Waals surface area contributed by atoms with Gasteiger partial charge in [-0.25, -0.2) is 8.78 Å². The average Bonchev–Trinajstić information content (AvgIpc) is 3.16. The number of hydrogen-bond donors (Lipinski definition) is 1. The van der Waals surface area contributed by atoms with E-state index in [1.165, 1.54) is 36.4 Å². The number of aryl methyl sites for hydroxylation is 1. The van der Waals surface area contributed by atoms with Crippen LogP contribution in [0.2, 0.25) is 5.02 Å². The van der Waals surface area contributed by atoms with Gasteiger partial charge in [0.15, 0.2) is 0 Å². The number of aliphatic carboxylic acids is 1. The van der Waals surface area contributed by atoms with Crippen LogP contribution >= 0.6 is 23.1 Å². The molecule has 2 aromatic carbocycles. The molecule has 0 saturated heterocycles. The zero-order chi connectivity index (χ0) is 23.5. The highest BCUT2D eigenvalue weighted by molar-refractivity contribution is 7.06. The van der Waals surface area contributed by atoms with Gasteiger partial charge >= 0.3 is 12.1 Å². The van der Waals surface area contributed by atoms with Crippen molar-refractivity contribution in [3.8, 4) is 17.0 Å². The van der Waals surface area contributed by atoms with Crippen LogP contribution in [0.3, 0.4) is 0 Å². The van der Waals surface area contributed by atoms with Crippen LogP contribution < -0.4 is 4.74 Å². The molecular weight excluding hydrogens is 477 g/mol. The Kier molecular flexibility index (Phi) is 7.35. The van der Waals surface area contributed by atoms with Gasteiger partial charge in [0.1, 0.15) is 17.2 Å². The van der Waals surface area contributed by atoms with Gasteiger partial charge in [-0.05, 0) is 47.8 Å². The van der Waals surface area contributed by atoms with E-state index in [2.05, 4.69) is 4.37 Å². The zero-order valence-electron chi connectivity index (χ0n) is 16.1. The van der Waals surface area contributed by atoms with Crippen LogP contribution in [0.15, 0.2) is 42.5 Å². The number of carboxylic acid groups (broad SMARTS) is 1. The lowest BCUT2D eigenvalue weighted by atomic mass is 10.0. The molecule has 0 spiro atoms. The van der Waals surface area contributed by atoms with Crippen molar-refractivity contribution in [2.24, 2.45) is 0 Å². The largest absolute Gasteiger partial charge is 0.489 e. The molecule has 0 amide bonds. The smallest absolute Gasteiger partial charge is 0.427 e. The third-order valence-electron chi connectivity index (χ3n) is 4.51. The molecule has 170 valence electrons. The Labute approximate surface area is 188 Å². The first-order valence-corrected chi connectivity index (χ1v) is 10.3. The van der Waals surface area contributed by atoms with Gasteiger partial charge in [-0.1, -0.05) is 29.8 Å². The van der Waals surface area contributed by atoms with E-state index >= 15 is 0 Å². The standard InChI is InChI=1S/C21H15ClF5NO3S/c22-13-5-1-12(2-6-13)18-16(19(32-28-18)21(25,26)27)10-31-14-7-3-11(4-8-17(29)30)15(9-14)20(23)24/h1-3,5-7,9,20H,4,8,10H2,(H,29,30). The molecule has 0 aliphatic heterocycles. The van der Waals surface area contributed by atoms with Gasteiger partial charge in [0.2, 0.25) is 0 Å². The van der Waals surface area contributed by atoms with Gasteiger partial charge in [-0.2, -0.15) is 17.5 Å². The predicted octanol–water partition coefficient (Wildman–Crippen LogP) is 7.02. The Morgan fingerprint density at radius 2 is 1.84 bits per heavy atom. The van der Waals surface area contributed by atoms with Crippen molar-refractivity contribution in [1.82, 2.24) is 4.37 Å². The number of benzene rings is 2. The van der Waals surface area contributed by atoms with E-state index in [1.54, 1.807) is 0 Å². The van der Waals surface area contributed by atoms with Gasteiger partial charge < -0.3 is 9.84 Å². The van der Waals surface area contributed by atoms with Crippen molar-refractivity contribution in [3.05, 3.63) is 69.1 Å². The Bertz CT molecular complexity index is 1100.